The molecule has 33 heavy (non-hydrogen) atoms. The second-order valence-electron chi connectivity index (χ2n) is 7.47. The van der Waals surface area contributed by atoms with Gasteiger partial charge in [0.15, 0.2) is 11.8 Å². The highest BCUT2D eigenvalue weighted by Gasteiger charge is 2.33. The SMILES string of the molecule is Cc1ccc(NC(=O)NC(=O)COC(=O)c2ccc3c(c2)SC2=NS(=O)(=O)CCN23)cc1C. The highest BCUT2D eigenvalue weighted by atomic mass is 32.2. The normalized spacial score (nSPS) is 15.7. The number of nitrogens with one attached hydrogen (secondary N) is 2. The zero-order chi connectivity index (χ0) is 23.8. The zero-order valence-corrected chi connectivity index (χ0v) is 19.4. The van der Waals surface area contributed by atoms with Gasteiger partial charge in [-0.15, -0.1) is 4.40 Å². The molecular formula is C21H20N4O6S2. The van der Waals surface area contributed by atoms with Crippen LogP contribution in [0.2, 0.25) is 0 Å². The van der Waals surface area contributed by atoms with E-state index in [1.165, 1.54) is 6.07 Å². The fourth-order valence-corrected chi connectivity index (χ4v) is 5.51. The topological polar surface area (TPSA) is 134 Å². The van der Waals surface area contributed by atoms with Crippen LogP contribution in [0, 0.1) is 13.8 Å². The molecule has 2 aromatic carbocycles. The van der Waals surface area contributed by atoms with Crippen LogP contribution in [0.5, 0.6) is 0 Å². The Morgan fingerprint density at radius 3 is 2.67 bits per heavy atom. The number of carbonyl (C=O) groups excluding carboxylic acids is 3. The second-order valence-corrected chi connectivity index (χ2v) is 10.2. The minimum atomic E-state index is -3.48. The summed E-state index contributed by atoms with van der Waals surface area (Å²) in [6, 6.07) is 9.36. The van der Waals surface area contributed by atoms with Gasteiger partial charge in [0.25, 0.3) is 15.9 Å². The fraction of sp³-hybridized carbons (Fsp3) is 0.238. The van der Waals surface area contributed by atoms with Gasteiger partial charge in [-0.1, -0.05) is 6.07 Å². The number of hydrogen-bond acceptors (Lipinski definition) is 8. The molecule has 0 atom stereocenters. The Balaban J connectivity index is 1.32. The van der Waals surface area contributed by atoms with Crippen molar-refractivity contribution in [3.8, 4) is 0 Å². The van der Waals surface area contributed by atoms with Gasteiger partial charge < -0.3 is 15.0 Å². The molecule has 0 aromatic heterocycles. The van der Waals surface area contributed by atoms with Gasteiger partial charge >= 0.3 is 12.0 Å². The molecule has 2 heterocycles. The predicted molar refractivity (Wildman–Crippen MR) is 124 cm³/mol. The number of urea groups is 1. The van der Waals surface area contributed by atoms with Crippen LogP contribution < -0.4 is 15.5 Å². The number of amides is 3. The molecule has 0 fully saturated rings. The third-order valence-corrected chi connectivity index (χ3v) is 7.37. The molecule has 0 spiro atoms. The number of rotatable bonds is 4. The van der Waals surface area contributed by atoms with Crippen molar-refractivity contribution in [3.63, 3.8) is 0 Å². The van der Waals surface area contributed by atoms with E-state index in [9.17, 15) is 22.8 Å². The van der Waals surface area contributed by atoms with Crippen molar-refractivity contribution in [2.75, 3.05) is 29.1 Å². The maximum atomic E-state index is 12.4. The predicted octanol–water partition coefficient (Wildman–Crippen LogP) is 2.42. The van der Waals surface area contributed by atoms with E-state index in [4.69, 9.17) is 4.74 Å². The molecule has 4 rings (SSSR count). The van der Waals surface area contributed by atoms with Crippen molar-refractivity contribution >= 4 is 56.2 Å². The summed E-state index contributed by atoms with van der Waals surface area (Å²) >= 11 is 1.15. The van der Waals surface area contributed by atoms with E-state index in [2.05, 4.69) is 15.0 Å². The molecule has 12 heteroatoms. The molecule has 2 N–H and O–H groups in total. The van der Waals surface area contributed by atoms with Crippen molar-refractivity contribution in [1.29, 1.82) is 0 Å². The number of carbonyl (C=O) groups is 3. The summed E-state index contributed by atoms with van der Waals surface area (Å²) in [6.07, 6.45) is 0. The van der Waals surface area contributed by atoms with Gasteiger partial charge in [-0.05, 0) is 67.1 Å². The van der Waals surface area contributed by atoms with Crippen LogP contribution in [0.3, 0.4) is 0 Å². The van der Waals surface area contributed by atoms with Gasteiger partial charge in [-0.2, -0.15) is 0 Å². The van der Waals surface area contributed by atoms with E-state index in [-0.39, 0.29) is 17.9 Å². The van der Waals surface area contributed by atoms with Crippen LogP contribution >= 0.6 is 11.8 Å². The minimum Gasteiger partial charge on any atom is -0.452 e. The molecule has 0 unspecified atom stereocenters. The highest BCUT2D eigenvalue weighted by molar-refractivity contribution is 8.15. The number of sulfonamides is 1. The van der Waals surface area contributed by atoms with E-state index in [0.29, 0.717) is 15.8 Å². The van der Waals surface area contributed by atoms with Crippen LogP contribution in [0.4, 0.5) is 16.2 Å². The van der Waals surface area contributed by atoms with Crippen molar-refractivity contribution in [2.45, 2.75) is 18.7 Å². The largest absolute Gasteiger partial charge is 0.452 e. The molecule has 2 aliphatic rings. The molecule has 0 radical (unpaired) electrons. The summed E-state index contributed by atoms with van der Waals surface area (Å²) in [5.74, 6) is -1.61. The molecule has 10 nitrogen and oxygen atoms in total. The maximum Gasteiger partial charge on any atom is 0.338 e. The van der Waals surface area contributed by atoms with Gasteiger partial charge in [0.1, 0.15) is 0 Å². The van der Waals surface area contributed by atoms with E-state index in [0.717, 1.165) is 28.6 Å². The Morgan fingerprint density at radius 1 is 1.12 bits per heavy atom. The third kappa shape index (κ3) is 5.17. The summed E-state index contributed by atoms with van der Waals surface area (Å²) in [6.45, 7) is 3.50. The zero-order valence-electron chi connectivity index (χ0n) is 17.7. The molecular weight excluding hydrogens is 468 g/mol. The number of amidine groups is 1. The number of fused-ring (bicyclic) bond motifs is 3. The molecule has 0 saturated heterocycles. The third-order valence-electron chi connectivity index (χ3n) is 5.06. The lowest BCUT2D eigenvalue weighted by molar-refractivity contribution is -0.123. The summed E-state index contributed by atoms with van der Waals surface area (Å²) < 4.78 is 32.2. The first kappa shape index (κ1) is 22.8. The first-order chi connectivity index (χ1) is 15.6. The summed E-state index contributed by atoms with van der Waals surface area (Å²) in [7, 11) is -3.48. The first-order valence-electron chi connectivity index (χ1n) is 9.88. The maximum absolute atomic E-state index is 12.4. The number of ether oxygens (including phenoxy) is 1. The molecule has 2 aromatic rings. The molecule has 0 bridgehead atoms. The van der Waals surface area contributed by atoms with Crippen LogP contribution in [0.25, 0.3) is 0 Å². The Bertz CT molecular complexity index is 1310. The number of anilines is 2. The van der Waals surface area contributed by atoms with Crippen molar-refractivity contribution in [2.24, 2.45) is 4.40 Å². The number of esters is 1. The van der Waals surface area contributed by atoms with Crippen LogP contribution in [0.15, 0.2) is 45.7 Å². The van der Waals surface area contributed by atoms with Crippen LogP contribution in [0.1, 0.15) is 21.5 Å². The molecule has 172 valence electrons. The lowest BCUT2D eigenvalue weighted by Crippen LogP contribution is -2.37. The van der Waals surface area contributed by atoms with Crippen molar-refractivity contribution in [3.05, 3.63) is 53.1 Å². The summed E-state index contributed by atoms with van der Waals surface area (Å²) in [5.41, 5.74) is 3.54. The van der Waals surface area contributed by atoms with Gasteiger partial charge in [-0.3, -0.25) is 10.1 Å². The van der Waals surface area contributed by atoms with Gasteiger partial charge in [0, 0.05) is 17.1 Å². The van der Waals surface area contributed by atoms with E-state index in [1.807, 2.05) is 19.9 Å². The second kappa shape index (κ2) is 8.87. The number of thioether (sulfide) groups is 1. The monoisotopic (exact) mass is 488 g/mol. The lowest BCUT2D eigenvalue weighted by atomic mass is 10.1. The minimum absolute atomic E-state index is 0.0769. The van der Waals surface area contributed by atoms with E-state index in [1.54, 1.807) is 29.2 Å². The van der Waals surface area contributed by atoms with Crippen molar-refractivity contribution in [1.82, 2.24) is 5.32 Å². The highest BCUT2D eigenvalue weighted by Crippen LogP contribution is 2.42. The number of imide groups is 1. The Kier molecular flexibility index (Phi) is 6.13. The first-order valence-corrected chi connectivity index (χ1v) is 12.3. The summed E-state index contributed by atoms with van der Waals surface area (Å²) in [5, 5.41) is 4.99. The van der Waals surface area contributed by atoms with Crippen molar-refractivity contribution < 1.29 is 27.5 Å². The average molecular weight is 489 g/mol. The lowest BCUT2D eigenvalue weighted by Gasteiger charge is -2.22. The molecule has 2 aliphatic heterocycles. The molecule has 0 saturated carbocycles. The van der Waals surface area contributed by atoms with Gasteiger partial charge in [0.2, 0.25) is 0 Å². The standard InChI is InChI=1S/C21H20N4O6S2/c1-12-3-5-15(9-13(12)2)22-20(28)23-18(26)11-31-19(27)14-4-6-16-17(10-14)32-21-24-33(29,30)8-7-25(16)21/h3-6,9-10H,7-8,11H2,1-2H3,(H2,22,23,26,28). The number of hydrogen-bond donors (Lipinski definition) is 2. The van der Waals surface area contributed by atoms with Gasteiger partial charge in [0.05, 0.1) is 17.0 Å². The quantitative estimate of drug-likeness (QED) is 0.627. The van der Waals surface area contributed by atoms with E-state index >= 15 is 0 Å². The fourth-order valence-electron chi connectivity index (χ4n) is 3.22. The summed E-state index contributed by atoms with van der Waals surface area (Å²) in [4.78, 5) is 38.8. The number of nitrogens with zero attached hydrogens (tertiary/aromatic N) is 2. The number of benzene rings is 2. The van der Waals surface area contributed by atoms with Crippen LogP contribution in [-0.4, -0.2) is 50.4 Å². The molecule has 3 amide bonds. The molecule has 0 aliphatic carbocycles. The smallest absolute Gasteiger partial charge is 0.338 e. The average Bonchev–Trinajstić information content (AvgIpc) is 3.09. The van der Waals surface area contributed by atoms with Crippen LogP contribution in [-0.2, 0) is 19.6 Å². The van der Waals surface area contributed by atoms with Gasteiger partial charge in [-0.25, -0.2) is 18.0 Å². The number of aryl methyl sites for hydroxylation is 2. The van der Waals surface area contributed by atoms with E-state index < -0.39 is 34.5 Å². The Hall–Kier alpha value is -3.38. The Morgan fingerprint density at radius 2 is 1.91 bits per heavy atom. The Labute approximate surface area is 194 Å².